The zero-order chi connectivity index (χ0) is 13.9. The molecular weight excluding hydrogens is 256 g/mol. The Bertz CT molecular complexity index is 363. The van der Waals surface area contributed by atoms with Gasteiger partial charge in [0.2, 0.25) is 0 Å². The highest BCUT2D eigenvalue weighted by Gasteiger charge is 2.09. The van der Waals surface area contributed by atoms with Gasteiger partial charge >= 0.3 is 0 Å². The summed E-state index contributed by atoms with van der Waals surface area (Å²) in [6, 6.07) is 0. The number of ketones is 1. The second-order valence-electron chi connectivity index (χ2n) is 4.96. The second-order valence-corrected chi connectivity index (χ2v) is 5.90. The summed E-state index contributed by atoms with van der Waals surface area (Å²) in [6.07, 6.45) is 10.1. The van der Waals surface area contributed by atoms with Gasteiger partial charge in [0.1, 0.15) is 5.69 Å². The van der Waals surface area contributed by atoms with Gasteiger partial charge in [-0.05, 0) is 13.0 Å². The molecule has 4 heteroatoms. The highest BCUT2D eigenvalue weighted by atomic mass is 32.1. The minimum Gasteiger partial charge on any atom is -0.330 e. The van der Waals surface area contributed by atoms with E-state index in [1.165, 1.54) is 32.1 Å². The van der Waals surface area contributed by atoms with Crippen molar-refractivity contribution in [2.75, 3.05) is 6.54 Å². The molecule has 1 aromatic heterocycles. The molecule has 1 rings (SSSR count). The first-order valence-electron chi connectivity index (χ1n) is 7.45. The van der Waals surface area contributed by atoms with Gasteiger partial charge in [-0.2, -0.15) is 0 Å². The Morgan fingerprint density at radius 2 is 1.89 bits per heavy atom. The highest BCUT2D eigenvalue weighted by molar-refractivity contribution is 7.09. The zero-order valence-electron chi connectivity index (χ0n) is 12.0. The maximum atomic E-state index is 11.9. The third kappa shape index (κ3) is 6.83. The minimum atomic E-state index is 0.188. The summed E-state index contributed by atoms with van der Waals surface area (Å²) in [5.41, 5.74) is 6.11. The smallest absolute Gasteiger partial charge is 0.182 e. The van der Waals surface area contributed by atoms with Gasteiger partial charge < -0.3 is 5.73 Å². The van der Waals surface area contributed by atoms with Crippen molar-refractivity contribution in [3.63, 3.8) is 0 Å². The van der Waals surface area contributed by atoms with Crippen LogP contribution in [0.3, 0.4) is 0 Å². The molecule has 3 nitrogen and oxygen atoms in total. The third-order valence-corrected chi connectivity index (χ3v) is 4.11. The number of nitrogens with zero attached hydrogens (tertiary/aromatic N) is 1. The van der Waals surface area contributed by atoms with Gasteiger partial charge in [-0.15, -0.1) is 11.3 Å². The summed E-state index contributed by atoms with van der Waals surface area (Å²) in [4.78, 5) is 16.2. The van der Waals surface area contributed by atoms with Crippen LogP contribution in [0.15, 0.2) is 5.38 Å². The number of unbranched alkanes of at least 4 members (excludes halogenated alkanes) is 6. The Kier molecular flexibility index (Phi) is 8.67. The number of aromatic nitrogens is 1. The fourth-order valence-corrected chi connectivity index (χ4v) is 2.87. The molecule has 108 valence electrons. The number of hydrogen-bond donors (Lipinski definition) is 1. The lowest BCUT2D eigenvalue weighted by atomic mass is 10.1. The standard InChI is InChI=1S/C15H26N2OS/c1-2-3-4-5-6-7-8-9-14(18)13-12-19-15(17-13)10-11-16/h12H,2-11,16H2,1H3. The van der Waals surface area contributed by atoms with Crippen LogP contribution in [0.5, 0.6) is 0 Å². The lowest BCUT2D eigenvalue weighted by molar-refractivity contribution is 0.0975. The molecule has 19 heavy (non-hydrogen) atoms. The van der Waals surface area contributed by atoms with Crippen LogP contribution in [-0.4, -0.2) is 17.3 Å². The van der Waals surface area contributed by atoms with E-state index in [0.29, 0.717) is 18.7 Å². The number of hydrogen-bond acceptors (Lipinski definition) is 4. The van der Waals surface area contributed by atoms with Gasteiger partial charge in [0.05, 0.1) is 5.01 Å². The first-order chi connectivity index (χ1) is 9.27. The van der Waals surface area contributed by atoms with E-state index >= 15 is 0 Å². The average molecular weight is 282 g/mol. The molecule has 0 bridgehead atoms. The molecule has 0 saturated carbocycles. The Morgan fingerprint density at radius 1 is 1.21 bits per heavy atom. The fourth-order valence-electron chi connectivity index (χ4n) is 2.05. The first kappa shape index (κ1) is 16.3. The van der Waals surface area contributed by atoms with Crippen molar-refractivity contribution in [1.82, 2.24) is 4.98 Å². The molecule has 0 saturated heterocycles. The van der Waals surface area contributed by atoms with Crippen LogP contribution < -0.4 is 5.73 Å². The summed E-state index contributed by atoms with van der Waals surface area (Å²) in [5.74, 6) is 0.188. The van der Waals surface area contributed by atoms with E-state index in [1.54, 1.807) is 11.3 Å². The first-order valence-corrected chi connectivity index (χ1v) is 8.33. The molecule has 1 aromatic rings. The third-order valence-electron chi connectivity index (χ3n) is 3.20. The molecule has 0 aliphatic heterocycles. The van der Waals surface area contributed by atoms with Crippen molar-refractivity contribution in [3.05, 3.63) is 16.1 Å². The average Bonchev–Trinajstić information content (AvgIpc) is 2.87. The molecule has 0 radical (unpaired) electrons. The predicted molar refractivity (Wildman–Crippen MR) is 81.8 cm³/mol. The second kappa shape index (κ2) is 10.1. The summed E-state index contributed by atoms with van der Waals surface area (Å²) >= 11 is 1.54. The summed E-state index contributed by atoms with van der Waals surface area (Å²) in [5, 5.41) is 2.85. The molecule has 0 fully saturated rings. The van der Waals surface area contributed by atoms with Crippen LogP contribution >= 0.6 is 11.3 Å². The largest absolute Gasteiger partial charge is 0.330 e. The van der Waals surface area contributed by atoms with Crippen LogP contribution in [0.2, 0.25) is 0 Å². The normalized spacial score (nSPS) is 10.8. The van der Waals surface area contributed by atoms with Crippen molar-refractivity contribution >= 4 is 17.1 Å². The van der Waals surface area contributed by atoms with E-state index in [-0.39, 0.29) is 5.78 Å². The van der Waals surface area contributed by atoms with Crippen molar-refractivity contribution in [2.45, 2.75) is 64.7 Å². The van der Waals surface area contributed by atoms with Gasteiger partial charge in [0, 0.05) is 18.2 Å². The number of nitrogens with two attached hydrogens (primary N) is 1. The van der Waals surface area contributed by atoms with Crippen molar-refractivity contribution in [3.8, 4) is 0 Å². The van der Waals surface area contributed by atoms with Crippen LogP contribution in [0.25, 0.3) is 0 Å². The molecule has 0 amide bonds. The maximum absolute atomic E-state index is 11.9. The molecule has 1 heterocycles. The van der Waals surface area contributed by atoms with Crippen molar-refractivity contribution in [2.24, 2.45) is 5.73 Å². The predicted octanol–water partition coefficient (Wildman–Crippen LogP) is 3.97. The Labute approximate surface area is 120 Å². The minimum absolute atomic E-state index is 0.188. The monoisotopic (exact) mass is 282 g/mol. The van der Waals surface area contributed by atoms with Crippen molar-refractivity contribution in [1.29, 1.82) is 0 Å². The molecule has 2 N–H and O–H groups in total. The van der Waals surface area contributed by atoms with E-state index in [1.807, 2.05) is 5.38 Å². The number of thiazole rings is 1. The quantitative estimate of drug-likeness (QED) is 0.493. The van der Waals surface area contributed by atoms with Gasteiger partial charge in [-0.25, -0.2) is 4.98 Å². The fraction of sp³-hybridized carbons (Fsp3) is 0.733. The van der Waals surface area contributed by atoms with Gasteiger partial charge in [-0.1, -0.05) is 45.4 Å². The van der Waals surface area contributed by atoms with Gasteiger partial charge in [-0.3, -0.25) is 4.79 Å². The molecule has 0 spiro atoms. The number of carbonyl (C=O) groups is 1. The van der Waals surface area contributed by atoms with Crippen LogP contribution in [0.4, 0.5) is 0 Å². The molecule has 0 aliphatic rings. The number of rotatable bonds is 11. The van der Waals surface area contributed by atoms with Gasteiger partial charge in [0.25, 0.3) is 0 Å². The topological polar surface area (TPSA) is 56.0 Å². The Morgan fingerprint density at radius 3 is 2.58 bits per heavy atom. The van der Waals surface area contributed by atoms with Gasteiger partial charge in [0.15, 0.2) is 5.78 Å². The summed E-state index contributed by atoms with van der Waals surface area (Å²) in [6.45, 7) is 2.82. The van der Waals surface area contributed by atoms with Crippen LogP contribution in [0.1, 0.15) is 73.8 Å². The van der Waals surface area contributed by atoms with E-state index in [4.69, 9.17) is 5.73 Å². The van der Waals surface area contributed by atoms with E-state index in [2.05, 4.69) is 11.9 Å². The highest BCUT2D eigenvalue weighted by Crippen LogP contribution is 2.14. The Hall–Kier alpha value is -0.740. The van der Waals surface area contributed by atoms with Crippen LogP contribution in [-0.2, 0) is 6.42 Å². The number of carbonyl (C=O) groups excluding carboxylic acids is 1. The molecule has 0 atom stereocenters. The zero-order valence-corrected chi connectivity index (χ0v) is 12.8. The van der Waals surface area contributed by atoms with E-state index in [0.717, 1.165) is 24.3 Å². The Balaban J connectivity index is 2.13. The number of Topliss-reactive ketones (excluding diaryl/α,β-unsaturated/α-hetero) is 1. The summed E-state index contributed by atoms with van der Waals surface area (Å²) in [7, 11) is 0. The lowest BCUT2D eigenvalue weighted by Gasteiger charge is -2.00. The summed E-state index contributed by atoms with van der Waals surface area (Å²) < 4.78 is 0. The van der Waals surface area contributed by atoms with E-state index in [9.17, 15) is 4.79 Å². The lowest BCUT2D eigenvalue weighted by Crippen LogP contribution is -2.04. The molecule has 0 unspecified atom stereocenters. The molecule has 0 aliphatic carbocycles. The SMILES string of the molecule is CCCCCCCCCC(=O)c1csc(CCN)n1. The van der Waals surface area contributed by atoms with E-state index < -0.39 is 0 Å². The maximum Gasteiger partial charge on any atom is 0.182 e. The molecule has 0 aromatic carbocycles. The van der Waals surface area contributed by atoms with Crippen molar-refractivity contribution < 1.29 is 4.79 Å². The van der Waals surface area contributed by atoms with Crippen LogP contribution in [0, 0.1) is 0 Å². The molecular formula is C15H26N2OS.